The lowest BCUT2D eigenvalue weighted by atomic mass is 10.0. The summed E-state index contributed by atoms with van der Waals surface area (Å²) in [7, 11) is 1.31. The van der Waals surface area contributed by atoms with E-state index in [1.807, 2.05) is 30.3 Å². The number of amides is 1. The van der Waals surface area contributed by atoms with Crippen LogP contribution in [0.2, 0.25) is 0 Å². The summed E-state index contributed by atoms with van der Waals surface area (Å²) in [6, 6.07) is 15.3. The summed E-state index contributed by atoms with van der Waals surface area (Å²) < 4.78 is 10.3. The van der Waals surface area contributed by atoms with Gasteiger partial charge in [0.05, 0.1) is 25.3 Å². The van der Waals surface area contributed by atoms with Gasteiger partial charge >= 0.3 is 5.97 Å². The van der Waals surface area contributed by atoms with E-state index >= 15 is 0 Å². The molecule has 2 N–H and O–H groups in total. The summed E-state index contributed by atoms with van der Waals surface area (Å²) in [6.45, 7) is 0.632. The van der Waals surface area contributed by atoms with Gasteiger partial charge in [-0.05, 0) is 29.8 Å². The van der Waals surface area contributed by atoms with E-state index in [1.54, 1.807) is 24.3 Å². The van der Waals surface area contributed by atoms with Crippen LogP contribution in [0.4, 0.5) is 5.69 Å². The normalized spacial score (nSPS) is 19.1. The molecule has 1 heterocycles. The van der Waals surface area contributed by atoms with E-state index in [4.69, 9.17) is 4.74 Å². The first-order valence-electron chi connectivity index (χ1n) is 8.97. The van der Waals surface area contributed by atoms with Crippen LogP contribution in [0.5, 0.6) is 0 Å². The minimum Gasteiger partial charge on any atom is -0.465 e. The van der Waals surface area contributed by atoms with Gasteiger partial charge in [-0.15, -0.1) is 0 Å². The Morgan fingerprint density at radius 2 is 1.82 bits per heavy atom. The molecule has 2 unspecified atom stereocenters. The molecule has 0 spiro atoms. The molecule has 7 heteroatoms. The van der Waals surface area contributed by atoms with Crippen LogP contribution in [0.1, 0.15) is 22.3 Å². The van der Waals surface area contributed by atoms with Crippen molar-refractivity contribution >= 4 is 23.3 Å². The van der Waals surface area contributed by atoms with Crippen molar-refractivity contribution in [1.82, 2.24) is 5.32 Å². The predicted octanol–water partition coefficient (Wildman–Crippen LogP) is 1.93. The fourth-order valence-corrected chi connectivity index (χ4v) is 2.91. The second kappa shape index (κ2) is 9.25. The van der Waals surface area contributed by atoms with Crippen LogP contribution in [-0.4, -0.2) is 43.5 Å². The molecule has 146 valence electrons. The van der Waals surface area contributed by atoms with Crippen LogP contribution in [0.3, 0.4) is 0 Å². The van der Waals surface area contributed by atoms with E-state index < -0.39 is 18.1 Å². The second-order valence-electron chi connectivity index (χ2n) is 6.47. The van der Waals surface area contributed by atoms with E-state index in [9.17, 15) is 14.4 Å². The summed E-state index contributed by atoms with van der Waals surface area (Å²) in [5.74, 6) is -0.851. The summed E-state index contributed by atoms with van der Waals surface area (Å²) in [5.41, 5.74) is 1.92. The Hall–Kier alpha value is -3.03. The molecule has 3 rings (SSSR count). The SMILES string of the molecule is COC(=O)c1ccc(NC(=O)C2CC(=O)C(OCc3ccccc3)CN2)cc1. The molecule has 0 radical (unpaired) electrons. The van der Waals surface area contributed by atoms with Crippen LogP contribution in [0, 0.1) is 0 Å². The molecule has 1 fully saturated rings. The molecule has 2 aromatic rings. The fourth-order valence-electron chi connectivity index (χ4n) is 2.91. The Labute approximate surface area is 163 Å². The molecular weight excluding hydrogens is 360 g/mol. The van der Waals surface area contributed by atoms with Crippen molar-refractivity contribution in [3.8, 4) is 0 Å². The number of piperidine rings is 1. The zero-order valence-corrected chi connectivity index (χ0v) is 15.5. The van der Waals surface area contributed by atoms with Gasteiger partial charge in [-0.2, -0.15) is 0 Å². The number of ketones is 1. The van der Waals surface area contributed by atoms with Crippen LogP contribution < -0.4 is 10.6 Å². The minimum absolute atomic E-state index is 0.0610. The average Bonchev–Trinajstić information content (AvgIpc) is 2.73. The van der Waals surface area contributed by atoms with Crippen LogP contribution in [0.15, 0.2) is 54.6 Å². The molecule has 0 bridgehead atoms. The van der Waals surface area contributed by atoms with Gasteiger partial charge < -0.3 is 20.1 Å². The number of anilines is 1. The molecule has 7 nitrogen and oxygen atoms in total. The van der Waals surface area contributed by atoms with Crippen molar-refractivity contribution in [3.63, 3.8) is 0 Å². The number of hydrogen-bond donors (Lipinski definition) is 2. The summed E-state index contributed by atoms with van der Waals surface area (Å²) in [6.07, 6.45) is -0.505. The monoisotopic (exact) mass is 382 g/mol. The van der Waals surface area contributed by atoms with Gasteiger partial charge in [0.25, 0.3) is 0 Å². The standard InChI is InChI=1S/C21H22N2O5/c1-27-21(26)15-7-9-16(10-8-15)23-20(25)17-11-18(24)19(12-22-17)28-13-14-5-3-2-4-6-14/h2-10,17,19,22H,11-13H2,1H3,(H,23,25). The van der Waals surface area contributed by atoms with Crippen molar-refractivity contribution in [2.75, 3.05) is 19.0 Å². The van der Waals surface area contributed by atoms with Crippen molar-refractivity contribution in [2.45, 2.75) is 25.2 Å². The zero-order chi connectivity index (χ0) is 19.9. The smallest absolute Gasteiger partial charge is 0.337 e. The number of Topliss-reactive ketones (excluding diaryl/α,β-unsaturated/α-hetero) is 1. The number of carbonyl (C=O) groups excluding carboxylic acids is 3. The number of hydrogen-bond acceptors (Lipinski definition) is 6. The van der Waals surface area contributed by atoms with E-state index in [1.165, 1.54) is 7.11 Å². The third-order valence-electron chi connectivity index (χ3n) is 4.50. The zero-order valence-electron chi connectivity index (χ0n) is 15.5. The highest BCUT2D eigenvalue weighted by Gasteiger charge is 2.32. The highest BCUT2D eigenvalue weighted by atomic mass is 16.5. The van der Waals surface area contributed by atoms with E-state index in [0.717, 1.165) is 5.56 Å². The average molecular weight is 382 g/mol. The molecule has 1 saturated heterocycles. The van der Waals surface area contributed by atoms with Crippen molar-refractivity contribution in [3.05, 3.63) is 65.7 Å². The van der Waals surface area contributed by atoms with Crippen molar-refractivity contribution in [1.29, 1.82) is 0 Å². The number of rotatable bonds is 6. The number of nitrogens with one attached hydrogen (secondary N) is 2. The Kier molecular flexibility index (Phi) is 6.52. The number of esters is 1. The maximum atomic E-state index is 12.4. The van der Waals surface area contributed by atoms with E-state index in [2.05, 4.69) is 15.4 Å². The maximum absolute atomic E-state index is 12.4. The summed E-state index contributed by atoms with van der Waals surface area (Å²) in [4.78, 5) is 36.2. The van der Waals surface area contributed by atoms with Gasteiger partial charge in [0.2, 0.25) is 5.91 Å². The van der Waals surface area contributed by atoms with Gasteiger partial charge in [0.15, 0.2) is 5.78 Å². The molecular formula is C21H22N2O5. The van der Waals surface area contributed by atoms with Gasteiger partial charge in [-0.3, -0.25) is 9.59 Å². The van der Waals surface area contributed by atoms with Gasteiger partial charge in [-0.25, -0.2) is 4.79 Å². The van der Waals surface area contributed by atoms with Gasteiger partial charge in [0, 0.05) is 18.7 Å². The minimum atomic E-state index is -0.621. The quantitative estimate of drug-likeness (QED) is 0.742. The Balaban J connectivity index is 1.49. The Morgan fingerprint density at radius 3 is 2.46 bits per heavy atom. The molecule has 28 heavy (non-hydrogen) atoms. The molecule has 1 amide bonds. The first-order valence-corrected chi connectivity index (χ1v) is 8.97. The third-order valence-corrected chi connectivity index (χ3v) is 4.50. The summed E-state index contributed by atoms with van der Waals surface area (Å²) >= 11 is 0. The lowest BCUT2D eigenvalue weighted by Gasteiger charge is -2.28. The third kappa shape index (κ3) is 5.03. The Bertz CT molecular complexity index is 836. The number of carbonyl (C=O) groups is 3. The van der Waals surface area contributed by atoms with Crippen LogP contribution in [-0.2, 0) is 25.7 Å². The molecule has 0 aromatic heterocycles. The van der Waals surface area contributed by atoms with E-state index in [0.29, 0.717) is 17.9 Å². The second-order valence-corrected chi connectivity index (χ2v) is 6.47. The predicted molar refractivity (Wildman–Crippen MR) is 103 cm³/mol. The van der Waals surface area contributed by atoms with Gasteiger partial charge in [-0.1, -0.05) is 30.3 Å². The topological polar surface area (TPSA) is 93.7 Å². The number of methoxy groups -OCH3 is 1. The lowest BCUT2D eigenvalue weighted by molar-refractivity contribution is -0.137. The molecule has 2 aromatic carbocycles. The van der Waals surface area contributed by atoms with E-state index in [-0.39, 0.29) is 24.7 Å². The lowest BCUT2D eigenvalue weighted by Crippen LogP contribution is -2.53. The molecule has 0 saturated carbocycles. The highest BCUT2D eigenvalue weighted by molar-refractivity contribution is 5.99. The maximum Gasteiger partial charge on any atom is 0.337 e. The highest BCUT2D eigenvalue weighted by Crippen LogP contribution is 2.14. The van der Waals surface area contributed by atoms with Crippen LogP contribution in [0.25, 0.3) is 0 Å². The largest absolute Gasteiger partial charge is 0.465 e. The van der Waals surface area contributed by atoms with Crippen molar-refractivity contribution < 1.29 is 23.9 Å². The molecule has 2 atom stereocenters. The number of ether oxygens (including phenoxy) is 2. The summed E-state index contributed by atoms with van der Waals surface area (Å²) in [5, 5.41) is 5.81. The first-order chi connectivity index (χ1) is 13.6. The number of benzene rings is 2. The molecule has 1 aliphatic heterocycles. The fraction of sp³-hybridized carbons (Fsp3) is 0.286. The Morgan fingerprint density at radius 1 is 1.11 bits per heavy atom. The molecule has 1 aliphatic rings. The van der Waals surface area contributed by atoms with Crippen molar-refractivity contribution in [2.24, 2.45) is 0 Å². The van der Waals surface area contributed by atoms with Gasteiger partial charge in [0.1, 0.15) is 6.10 Å². The first kappa shape index (κ1) is 19.7. The van der Waals surface area contributed by atoms with Crippen LogP contribution >= 0.6 is 0 Å². The molecule has 0 aliphatic carbocycles.